The van der Waals surface area contributed by atoms with E-state index in [-0.39, 0.29) is 10.2 Å². The highest BCUT2D eigenvalue weighted by Gasteiger charge is 2.41. The van der Waals surface area contributed by atoms with Crippen LogP contribution in [0.15, 0.2) is 10.2 Å². The van der Waals surface area contributed by atoms with Crippen LogP contribution < -0.4 is 0 Å². The van der Waals surface area contributed by atoms with Crippen LogP contribution in [0.2, 0.25) is 0 Å². The second kappa shape index (κ2) is 5.08. The Morgan fingerprint density at radius 3 is 2.19 bits per heavy atom. The van der Waals surface area contributed by atoms with Crippen LogP contribution in [0.3, 0.4) is 0 Å². The van der Waals surface area contributed by atoms with Crippen molar-refractivity contribution in [2.75, 3.05) is 12.8 Å². The van der Waals surface area contributed by atoms with E-state index in [1.807, 2.05) is 0 Å². The van der Waals surface area contributed by atoms with Gasteiger partial charge in [0.15, 0.2) is 5.62 Å². The van der Waals surface area contributed by atoms with Gasteiger partial charge in [-0.15, -0.1) is 0 Å². The van der Waals surface area contributed by atoms with E-state index in [2.05, 4.69) is 0 Å². The van der Waals surface area contributed by atoms with Crippen molar-refractivity contribution in [1.29, 1.82) is 0 Å². The van der Waals surface area contributed by atoms with E-state index in [9.17, 15) is 8.42 Å². The van der Waals surface area contributed by atoms with E-state index in [1.54, 1.807) is 6.92 Å². The van der Waals surface area contributed by atoms with Crippen molar-refractivity contribution in [2.24, 2.45) is 0 Å². The summed E-state index contributed by atoms with van der Waals surface area (Å²) in [5, 5.41) is -0.110. The fraction of sp³-hybridized carbons (Fsp3) is 0.714. The molecule has 9 heteroatoms. The van der Waals surface area contributed by atoms with Gasteiger partial charge in [0.05, 0.1) is 11.3 Å². The average molecular weight is 328 g/mol. The van der Waals surface area contributed by atoms with Gasteiger partial charge in [0.2, 0.25) is 10.0 Å². The van der Waals surface area contributed by atoms with Crippen molar-refractivity contribution in [3.05, 3.63) is 10.2 Å². The quantitative estimate of drug-likeness (QED) is 0.577. The number of sulfonamides is 1. The predicted molar refractivity (Wildman–Crippen MR) is 67.1 cm³/mol. The summed E-state index contributed by atoms with van der Waals surface area (Å²) in [6.07, 6.45) is 0.997. The minimum Gasteiger partial charge on any atom is -0.249 e. The van der Waals surface area contributed by atoms with Gasteiger partial charge < -0.3 is 0 Å². The second-order valence-electron chi connectivity index (χ2n) is 3.17. The third kappa shape index (κ3) is 2.54. The second-order valence-corrected chi connectivity index (χ2v) is 6.60. The zero-order valence-corrected chi connectivity index (χ0v) is 12.3. The lowest BCUT2D eigenvalue weighted by Crippen LogP contribution is -2.53. The van der Waals surface area contributed by atoms with E-state index in [1.165, 1.54) is 4.90 Å². The molecule has 1 aliphatic heterocycles. The fourth-order valence-corrected chi connectivity index (χ4v) is 4.26. The van der Waals surface area contributed by atoms with E-state index in [0.29, 0.717) is 6.54 Å². The predicted octanol–water partition coefficient (Wildman–Crippen LogP) is 2.32. The van der Waals surface area contributed by atoms with Gasteiger partial charge in [-0.05, 0) is 0 Å². The summed E-state index contributed by atoms with van der Waals surface area (Å²) in [6, 6.07) is 0. The highest BCUT2D eigenvalue weighted by Crippen LogP contribution is 2.38. The first-order chi connectivity index (χ1) is 7.21. The molecule has 16 heavy (non-hydrogen) atoms. The lowest BCUT2D eigenvalue weighted by atomic mass is 10.4. The SMILES string of the molecule is CCN1C(Cl)C(Cl)=C(Cl)N(S(C)(=O)=O)C1Cl. The maximum Gasteiger partial charge on any atom is 0.235 e. The highest BCUT2D eigenvalue weighted by molar-refractivity contribution is 7.88. The van der Waals surface area contributed by atoms with Crippen LogP contribution in [-0.2, 0) is 10.0 Å². The van der Waals surface area contributed by atoms with Crippen LogP contribution in [0.25, 0.3) is 0 Å². The van der Waals surface area contributed by atoms with Crippen molar-refractivity contribution in [2.45, 2.75) is 18.0 Å². The minimum absolute atomic E-state index is 0.0486. The molecule has 0 aromatic rings. The number of nitrogens with zero attached hydrogens (tertiary/aromatic N) is 2. The third-order valence-electron chi connectivity index (χ3n) is 2.08. The molecule has 0 saturated carbocycles. The molecule has 0 aromatic carbocycles. The average Bonchev–Trinajstić information content (AvgIpc) is 2.13. The van der Waals surface area contributed by atoms with E-state index < -0.39 is 21.1 Å². The Hall–Kier alpha value is 0.610. The largest absolute Gasteiger partial charge is 0.249 e. The Bertz CT molecular complexity index is 411. The van der Waals surface area contributed by atoms with Crippen LogP contribution >= 0.6 is 46.4 Å². The highest BCUT2D eigenvalue weighted by atomic mass is 35.5. The molecule has 2 atom stereocenters. The van der Waals surface area contributed by atoms with Crippen molar-refractivity contribution < 1.29 is 8.42 Å². The van der Waals surface area contributed by atoms with Crippen LogP contribution in [0.4, 0.5) is 0 Å². The normalized spacial score (nSPS) is 28.8. The van der Waals surface area contributed by atoms with E-state index in [0.717, 1.165) is 10.6 Å². The summed E-state index contributed by atoms with van der Waals surface area (Å²) in [6.45, 7) is 2.23. The Kier molecular flexibility index (Phi) is 4.66. The monoisotopic (exact) mass is 326 g/mol. The molecule has 0 aliphatic carbocycles. The van der Waals surface area contributed by atoms with Crippen LogP contribution in [-0.4, -0.2) is 41.5 Å². The molecular weight excluding hydrogens is 318 g/mol. The van der Waals surface area contributed by atoms with E-state index >= 15 is 0 Å². The summed E-state index contributed by atoms with van der Waals surface area (Å²) >= 11 is 23.7. The Labute approximate surface area is 115 Å². The molecule has 0 amide bonds. The van der Waals surface area contributed by atoms with Crippen molar-refractivity contribution >= 4 is 56.4 Å². The molecule has 1 heterocycles. The Morgan fingerprint density at radius 1 is 1.31 bits per heavy atom. The molecule has 0 spiro atoms. The molecule has 0 N–H and O–H groups in total. The first kappa shape index (κ1) is 14.7. The molecular formula is C7H10Cl4N2O2S. The molecule has 0 radical (unpaired) electrons. The summed E-state index contributed by atoms with van der Waals surface area (Å²) in [7, 11) is -3.60. The van der Waals surface area contributed by atoms with Gasteiger partial charge in [0.25, 0.3) is 0 Å². The number of rotatable bonds is 2. The number of hydrogen-bond donors (Lipinski definition) is 0. The molecule has 0 fully saturated rings. The zero-order chi connectivity index (χ0) is 12.7. The maximum atomic E-state index is 11.5. The topological polar surface area (TPSA) is 40.6 Å². The summed E-state index contributed by atoms with van der Waals surface area (Å²) in [5.74, 6) is 0. The van der Waals surface area contributed by atoms with Crippen molar-refractivity contribution in [1.82, 2.24) is 9.21 Å². The van der Waals surface area contributed by atoms with Gasteiger partial charge in [-0.3, -0.25) is 0 Å². The number of likely N-dealkylation sites (N-methyl/N-ethyl adjacent to an activating group) is 1. The lowest BCUT2D eigenvalue weighted by Gasteiger charge is -2.41. The molecule has 2 unspecified atom stereocenters. The third-order valence-corrected chi connectivity index (χ3v) is 5.29. The Balaban J connectivity index is 3.30. The summed E-state index contributed by atoms with van der Waals surface area (Å²) < 4.78 is 23.9. The Morgan fingerprint density at radius 2 is 1.81 bits per heavy atom. The van der Waals surface area contributed by atoms with Gasteiger partial charge in [0, 0.05) is 6.54 Å². The number of halogens is 4. The maximum absolute atomic E-state index is 11.5. The smallest absolute Gasteiger partial charge is 0.235 e. The van der Waals surface area contributed by atoms with Crippen molar-refractivity contribution in [3.8, 4) is 0 Å². The molecule has 0 saturated heterocycles. The van der Waals surface area contributed by atoms with Gasteiger partial charge in [-0.1, -0.05) is 53.3 Å². The van der Waals surface area contributed by atoms with Crippen molar-refractivity contribution in [3.63, 3.8) is 0 Å². The minimum atomic E-state index is -3.60. The number of alkyl halides is 2. The first-order valence-corrected chi connectivity index (χ1v) is 7.78. The van der Waals surface area contributed by atoms with Crippen LogP contribution in [0.5, 0.6) is 0 Å². The zero-order valence-electron chi connectivity index (χ0n) is 8.49. The van der Waals surface area contributed by atoms with E-state index in [4.69, 9.17) is 46.4 Å². The summed E-state index contributed by atoms with van der Waals surface area (Å²) in [4.78, 5) is 1.50. The fourth-order valence-electron chi connectivity index (χ4n) is 1.30. The molecule has 0 aromatic heterocycles. The van der Waals surface area contributed by atoms with Gasteiger partial charge in [-0.25, -0.2) is 17.6 Å². The van der Waals surface area contributed by atoms with Gasteiger partial charge in [-0.2, -0.15) is 0 Å². The molecule has 1 rings (SSSR count). The molecule has 1 aliphatic rings. The molecule has 94 valence electrons. The van der Waals surface area contributed by atoms with Crippen LogP contribution in [0, 0.1) is 0 Å². The van der Waals surface area contributed by atoms with Crippen LogP contribution in [0.1, 0.15) is 6.92 Å². The number of hydrogen-bond acceptors (Lipinski definition) is 3. The van der Waals surface area contributed by atoms with Gasteiger partial charge in [0.1, 0.15) is 10.7 Å². The molecule has 4 nitrogen and oxygen atoms in total. The summed E-state index contributed by atoms with van der Waals surface area (Å²) in [5.41, 5.74) is -1.70. The van der Waals surface area contributed by atoms with Gasteiger partial charge >= 0.3 is 0 Å². The first-order valence-electron chi connectivity index (χ1n) is 4.30. The molecule has 0 bridgehead atoms. The lowest BCUT2D eigenvalue weighted by molar-refractivity contribution is 0.175. The standard InChI is InChI=1S/C7H10Cl4N2O2S/c1-3-12-5(9)4(8)6(10)13(7(12)11)16(2,14)15/h5,7H,3H2,1-2H3.